The van der Waals surface area contributed by atoms with Gasteiger partial charge in [-0.2, -0.15) is 0 Å². The number of sulfonamides is 1. The van der Waals surface area contributed by atoms with Gasteiger partial charge in [0, 0.05) is 6.04 Å². The van der Waals surface area contributed by atoms with Crippen LogP contribution in [0.5, 0.6) is 0 Å². The predicted molar refractivity (Wildman–Crippen MR) is 91.9 cm³/mol. The third-order valence-electron chi connectivity index (χ3n) is 3.43. The fraction of sp³-hybridized carbons (Fsp3) is 0.438. The molecule has 9 nitrogen and oxygen atoms in total. The highest BCUT2D eigenvalue weighted by molar-refractivity contribution is 7.89. The molecule has 144 valence electrons. The lowest BCUT2D eigenvalue weighted by molar-refractivity contribution is -0.128. The molecule has 2 N–H and O–H groups in total. The van der Waals surface area contributed by atoms with Crippen molar-refractivity contribution in [3.8, 4) is 0 Å². The molecule has 0 saturated heterocycles. The Labute approximate surface area is 152 Å². The first-order valence-electron chi connectivity index (χ1n) is 7.82. The second kappa shape index (κ2) is 9.30. The predicted octanol–water partition coefficient (Wildman–Crippen LogP) is 1.19. The van der Waals surface area contributed by atoms with Gasteiger partial charge in [0.1, 0.15) is 0 Å². The van der Waals surface area contributed by atoms with Gasteiger partial charge in [-0.05, 0) is 44.5 Å². The summed E-state index contributed by atoms with van der Waals surface area (Å²) < 4.78 is 36.0. The first-order chi connectivity index (χ1) is 12.1. The summed E-state index contributed by atoms with van der Waals surface area (Å²) >= 11 is 0. The van der Waals surface area contributed by atoms with Crippen LogP contribution in [-0.2, 0) is 24.3 Å². The third kappa shape index (κ3) is 6.12. The van der Waals surface area contributed by atoms with E-state index in [0.29, 0.717) is 6.42 Å². The third-order valence-corrected chi connectivity index (χ3v) is 5.04. The molecule has 0 spiro atoms. The van der Waals surface area contributed by atoms with E-state index in [1.165, 1.54) is 31.2 Å². The molecule has 0 heterocycles. The minimum atomic E-state index is -3.68. The average molecular weight is 386 g/mol. The fourth-order valence-corrected chi connectivity index (χ4v) is 3.05. The van der Waals surface area contributed by atoms with Crippen molar-refractivity contribution in [2.45, 2.75) is 44.2 Å². The summed E-state index contributed by atoms with van der Waals surface area (Å²) in [7, 11) is -2.60. The van der Waals surface area contributed by atoms with Crippen molar-refractivity contribution in [3.05, 3.63) is 29.8 Å². The van der Waals surface area contributed by atoms with Crippen molar-refractivity contribution in [2.75, 3.05) is 7.11 Å². The topological polar surface area (TPSA) is 128 Å². The molecule has 0 aliphatic rings. The van der Waals surface area contributed by atoms with Crippen LogP contribution in [0.1, 0.15) is 37.6 Å². The van der Waals surface area contributed by atoms with Gasteiger partial charge in [-0.25, -0.2) is 22.7 Å². The Morgan fingerprint density at radius 2 is 1.69 bits per heavy atom. The molecule has 0 aliphatic heterocycles. The number of amides is 2. The Hall–Kier alpha value is -2.46. The monoisotopic (exact) mass is 386 g/mol. The first-order valence-corrected chi connectivity index (χ1v) is 9.31. The van der Waals surface area contributed by atoms with Gasteiger partial charge >= 0.3 is 12.1 Å². The van der Waals surface area contributed by atoms with Crippen molar-refractivity contribution in [1.82, 2.24) is 10.0 Å². The van der Waals surface area contributed by atoms with Gasteiger partial charge in [-0.3, -0.25) is 10.1 Å². The number of methoxy groups -OCH3 is 1. The maximum atomic E-state index is 12.2. The highest BCUT2D eigenvalue weighted by Gasteiger charge is 2.22. The molecule has 0 aromatic heterocycles. The number of nitrogens with one attached hydrogen (secondary N) is 2. The van der Waals surface area contributed by atoms with Crippen LogP contribution >= 0.6 is 0 Å². The molecular formula is C16H22N2O7S. The average Bonchev–Trinajstić information content (AvgIpc) is 2.60. The second-order valence-corrected chi connectivity index (χ2v) is 7.20. The van der Waals surface area contributed by atoms with Gasteiger partial charge in [-0.15, -0.1) is 0 Å². The van der Waals surface area contributed by atoms with E-state index < -0.39 is 34.1 Å². The summed E-state index contributed by atoms with van der Waals surface area (Å²) in [6.07, 6.45) is -1.58. The smallest absolute Gasteiger partial charge is 0.413 e. The Morgan fingerprint density at radius 1 is 1.12 bits per heavy atom. The van der Waals surface area contributed by atoms with Gasteiger partial charge in [0.05, 0.1) is 17.6 Å². The van der Waals surface area contributed by atoms with Gasteiger partial charge in [0.2, 0.25) is 10.0 Å². The van der Waals surface area contributed by atoms with Gasteiger partial charge < -0.3 is 9.47 Å². The zero-order valence-electron chi connectivity index (χ0n) is 14.9. The zero-order chi connectivity index (χ0) is 19.9. The summed E-state index contributed by atoms with van der Waals surface area (Å²) in [5.74, 6) is -1.68. The van der Waals surface area contributed by atoms with E-state index in [9.17, 15) is 22.8 Å². The number of alkyl carbamates (subject to hydrolysis) is 1. The number of ether oxygens (including phenoxy) is 2. The summed E-state index contributed by atoms with van der Waals surface area (Å²) in [6, 6.07) is 4.86. The van der Waals surface area contributed by atoms with Gasteiger partial charge in [0.15, 0.2) is 6.10 Å². The van der Waals surface area contributed by atoms with Crippen molar-refractivity contribution in [3.63, 3.8) is 0 Å². The minimum absolute atomic E-state index is 0.00540. The molecule has 2 amide bonds. The number of carbonyl (C=O) groups excluding carboxylic acids is 3. The molecule has 26 heavy (non-hydrogen) atoms. The zero-order valence-corrected chi connectivity index (χ0v) is 15.8. The number of hydrogen-bond donors (Lipinski definition) is 2. The standard InChI is InChI=1S/C16H22N2O7S/c1-5-10(2)18-26(22,23)13-8-6-12(7-9-13)15(20)25-11(3)14(19)17-16(21)24-4/h6-11,18H,5H2,1-4H3,(H,17,19,21)/t10-,11-/m1/s1. The number of esters is 1. The molecule has 0 unspecified atom stereocenters. The van der Waals surface area contributed by atoms with Gasteiger partial charge in [-0.1, -0.05) is 6.92 Å². The highest BCUT2D eigenvalue weighted by Crippen LogP contribution is 2.13. The number of rotatable bonds is 7. The van der Waals surface area contributed by atoms with E-state index in [-0.39, 0.29) is 16.5 Å². The lowest BCUT2D eigenvalue weighted by Gasteiger charge is -2.13. The molecule has 0 radical (unpaired) electrons. The quantitative estimate of drug-likeness (QED) is 0.674. The molecule has 0 aliphatic carbocycles. The molecule has 2 atom stereocenters. The Morgan fingerprint density at radius 3 is 2.19 bits per heavy atom. The van der Waals surface area contributed by atoms with Gasteiger partial charge in [0.25, 0.3) is 5.91 Å². The van der Waals surface area contributed by atoms with E-state index in [4.69, 9.17) is 4.74 Å². The number of hydrogen-bond acceptors (Lipinski definition) is 7. The van der Waals surface area contributed by atoms with Crippen molar-refractivity contribution < 1.29 is 32.3 Å². The summed E-state index contributed by atoms with van der Waals surface area (Å²) in [5, 5.41) is 1.87. The van der Waals surface area contributed by atoms with E-state index >= 15 is 0 Å². The molecule has 1 rings (SSSR count). The van der Waals surface area contributed by atoms with Crippen LogP contribution in [0.2, 0.25) is 0 Å². The summed E-state index contributed by atoms with van der Waals surface area (Å²) in [4.78, 5) is 34.6. The molecular weight excluding hydrogens is 364 g/mol. The summed E-state index contributed by atoms with van der Waals surface area (Å²) in [6.45, 7) is 4.87. The minimum Gasteiger partial charge on any atom is -0.453 e. The van der Waals surface area contributed by atoms with Crippen molar-refractivity contribution >= 4 is 28.0 Å². The van der Waals surface area contributed by atoms with Crippen LogP contribution in [0, 0.1) is 0 Å². The maximum absolute atomic E-state index is 12.2. The molecule has 1 aromatic carbocycles. The first kappa shape index (κ1) is 21.6. The summed E-state index contributed by atoms with van der Waals surface area (Å²) in [5.41, 5.74) is 0.0604. The molecule has 0 saturated carbocycles. The van der Waals surface area contributed by atoms with E-state index in [0.717, 1.165) is 7.11 Å². The van der Waals surface area contributed by atoms with Crippen LogP contribution in [0.3, 0.4) is 0 Å². The lowest BCUT2D eigenvalue weighted by atomic mass is 10.2. The van der Waals surface area contributed by atoms with Crippen LogP contribution < -0.4 is 10.0 Å². The molecule has 1 aromatic rings. The highest BCUT2D eigenvalue weighted by atomic mass is 32.2. The van der Waals surface area contributed by atoms with E-state index in [1.807, 2.05) is 12.2 Å². The molecule has 0 fully saturated rings. The fourth-order valence-electron chi connectivity index (χ4n) is 1.72. The Kier molecular flexibility index (Phi) is 7.72. The molecule has 0 bridgehead atoms. The van der Waals surface area contributed by atoms with Crippen LogP contribution in [0.25, 0.3) is 0 Å². The van der Waals surface area contributed by atoms with Crippen molar-refractivity contribution in [2.24, 2.45) is 0 Å². The Balaban J connectivity index is 2.77. The number of imide groups is 1. The van der Waals surface area contributed by atoms with Crippen LogP contribution in [0.4, 0.5) is 4.79 Å². The van der Waals surface area contributed by atoms with E-state index in [1.54, 1.807) is 6.92 Å². The number of benzene rings is 1. The number of carbonyl (C=O) groups is 3. The normalized spacial score (nSPS) is 13.4. The second-order valence-electron chi connectivity index (χ2n) is 5.48. The van der Waals surface area contributed by atoms with E-state index in [2.05, 4.69) is 9.46 Å². The lowest BCUT2D eigenvalue weighted by Crippen LogP contribution is -2.39. The molecule has 10 heteroatoms. The SMILES string of the molecule is CC[C@@H](C)NS(=O)(=O)c1ccc(C(=O)O[C@H](C)C(=O)NC(=O)OC)cc1. The van der Waals surface area contributed by atoms with Crippen LogP contribution in [-0.4, -0.2) is 45.6 Å². The largest absolute Gasteiger partial charge is 0.453 e. The maximum Gasteiger partial charge on any atom is 0.413 e. The van der Waals surface area contributed by atoms with Crippen LogP contribution in [0.15, 0.2) is 29.2 Å². The Bertz CT molecular complexity index is 759. The van der Waals surface area contributed by atoms with Crippen molar-refractivity contribution in [1.29, 1.82) is 0 Å².